The number of carboxylic acids is 1. The molecule has 3 saturated heterocycles. The van der Waals surface area contributed by atoms with Crippen LogP contribution in [-0.2, 0) is 20.4 Å². The van der Waals surface area contributed by atoms with Crippen molar-refractivity contribution >= 4 is 41.0 Å². The van der Waals surface area contributed by atoms with E-state index in [2.05, 4.69) is 10.3 Å². The molecule has 3 aliphatic rings. The number of rotatable bonds is 12. The van der Waals surface area contributed by atoms with Gasteiger partial charge in [0.2, 0.25) is 11.7 Å². The predicted octanol–water partition coefficient (Wildman–Crippen LogP) is 6.20. The van der Waals surface area contributed by atoms with Gasteiger partial charge in [0, 0.05) is 30.6 Å². The van der Waals surface area contributed by atoms with Crippen LogP contribution in [0.1, 0.15) is 66.4 Å². The third kappa shape index (κ3) is 7.94. The standard InChI is InChI=1S/C40H48Cl2N4O7/c1-51-33-23-27(24-34(52-2)35(33)53-3)36(47)45-22-15-39(26-45,29-12-13-30(41)31(42)25-29)14-19-44-20-16-40(17-21-44,28-9-5-4-6-10-28)38(50)43-46-18-8-7-11-32(46)37(48)49/h4-6,9-10,12-13,23-25,32H,7-8,11,14-22,26H2,1-3H3,(H,43,50)(H,48,49). The van der Waals surface area contributed by atoms with Gasteiger partial charge in [0.05, 0.1) is 36.8 Å². The molecule has 0 spiro atoms. The van der Waals surface area contributed by atoms with Crippen molar-refractivity contribution in [2.45, 2.75) is 61.8 Å². The zero-order chi connectivity index (χ0) is 37.8. The van der Waals surface area contributed by atoms with Crippen molar-refractivity contribution in [2.75, 3.05) is 60.6 Å². The highest BCUT2D eigenvalue weighted by Gasteiger charge is 2.46. The Bertz CT molecular complexity index is 1780. The molecule has 0 bridgehead atoms. The molecule has 3 aromatic rings. The van der Waals surface area contributed by atoms with Crippen LogP contribution in [0.5, 0.6) is 17.2 Å². The van der Waals surface area contributed by atoms with Crippen LogP contribution in [0.3, 0.4) is 0 Å². The van der Waals surface area contributed by atoms with Gasteiger partial charge in [-0.3, -0.25) is 19.8 Å². The molecule has 6 rings (SSSR count). The van der Waals surface area contributed by atoms with E-state index in [-0.39, 0.29) is 11.8 Å². The highest BCUT2D eigenvalue weighted by Crippen LogP contribution is 2.43. The van der Waals surface area contributed by atoms with Gasteiger partial charge >= 0.3 is 5.97 Å². The molecule has 0 aromatic heterocycles. The van der Waals surface area contributed by atoms with Crippen molar-refractivity contribution < 1.29 is 33.7 Å². The van der Waals surface area contributed by atoms with Crippen molar-refractivity contribution in [2.24, 2.45) is 0 Å². The zero-order valence-electron chi connectivity index (χ0n) is 30.5. The van der Waals surface area contributed by atoms with Crippen LogP contribution in [0, 0.1) is 0 Å². The molecular weight excluding hydrogens is 719 g/mol. The Kier molecular flexibility index (Phi) is 12.1. The third-order valence-corrected chi connectivity index (χ3v) is 12.2. The lowest BCUT2D eigenvalue weighted by molar-refractivity contribution is -0.149. The molecule has 2 atom stereocenters. The second kappa shape index (κ2) is 16.5. The number of benzene rings is 3. The van der Waals surface area contributed by atoms with Crippen LogP contribution in [0.25, 0.3) is 0 Å². The van der Waals surface area contributed by atoms with E-state index in [0.29, 0.717) is 84.8 Å². The fraction of sp³-hybridized carbons (Fsp3) is 0.475. The minimum atomic E-state index is -0.917. The summed E-state index contributed by atoms with van der Waals surface area (Å²) in [5.74, 6) is 0.0351. The number of ether oxygens (including phenoxy) is 3. The topological polar surface area (TPSA) is 121 Å². The average Bonchev–Trinajstić information content (AvgIpc) is 3.63. The second-order valence-electron chi connectivity index (χ2n) is 14.3. The van der Waals surface area contributed by atoms with Gasteiger partial charge in [0.1, 0.15) is 6.04 Å². The molecule has 0 saturated carbocycles. The summed E-state index contributed by atoms with van der Waals surface area (Å²) in [4.78, 5) is 44.5. The number of hydrogen-bond acceptors (Lipinski definition) is 8. The summed E-state index contributed by atoms with van der Waals surface area (Å²) in [6.07, 6.45) is 4.81. The van der Waals surface area contributed by atoms with E-state index in [9.17, 15) is 19.5 Å². The molecule has 3 fully saturated rings. The number of hydrazine groups is 1. The van der Waals surface area contributed by atoms with Gasteiger partial charge in [0.15, 0.2) is 11.5 Å². The van der Waals surface area contributed by atoms with Crippen LogP contribution in [0.4, 0.5) is 0 Å². The molecule has 11 nitrogen and oxygen atoms in total. The van der Waals surface area contributed by atoms with E-state index < -0.39 is 22.8 Å². The highest BCUT2D eigenvalue weighted by molar-refractivity contribution is 6.42. The van der Waals surface area contributed by atoms with E-state index in [1.807, 2.05) is 53.4 Å². The monoisotopic (exact) mass is 766 g/mol. The summed E-state index contributed by atoms with van der Waals surface area (Å²) in [6.45, 7) is 3.63. The lowest BCUT2D eigenvalue weighted by atomic mass is 9.71. The van der Waals surface area contributed by atoms with Crippen LogP contribution in [-0.4, -0.2) is 104 Å². The minimum absolute atomic E-state index is 0.137. The smallest absolute Gasteiger partial charge is 0.322 e. The molecule has 3 aliphatic heterocycles. The number of halogens is 2. The molecule has 3 aromatic carbocycles. The van der Waals surface area contributed by atoms with Crippen LogP contribution >= 0.6 is 23.2 Å². The summed E-state index contributed by atoms with van der Waals surface area (Å²) >= 11 is 12.9. The number of amides is 2. The first-order chi connectivity index (χ1) is 25.5. The van der Waals surface area contributed by atoms with E-state index in [1.165, 1.54) is 21.3 Å². The van der Waals surface area contributed by atoms with Crippen molar-refractivity contribution in [1.29, 1.82) is 0 Å². The molecular formula is C40H48Cl2N4O7. The minimum Gasteiger partial charge on any atom is -0.493 e. The van der Waals surface area contributed by atoms with Gasteiger partial charge < -0.3 is 29.1 Å². The Morgan fingerprint density at radius 1 is 0.830 bits per heavy atom. The number of aliphatic carboxylic acids is 1. The molecule has 3 heterocycles. The van der Waals surface area contributed by atoms with E-state index >= 15 is 0 Å². The predicted molar refractivity (Wildman–Crippen MR) is 203 cm³/mol. The van der Waals surface area contributed by atoms with E-state index in [0.717, 1.165) is 43.4 Å². The molecule has 13 heteroatoms. The summed E-state index contributed by atoms with van der Waals surface area (Å²) in [6, 6.07) is 18.2. The van der Waals surface area contributed by atoms with Crippen LogP contribution in [0.2, 0.25) is 10.0 Å². The Labute approximate surface area is 321 Å². The molecule has 2 unspecified atom stereocenters. The number of methoxy groups -OCH3 is 3. The fourth-order valence-electron chi connectivity index (χ4n) is 8.34. The fourth-order valence-corrected chi connectivity index (χ4v) is 8.64. The maximum Gasteiger partial charge on any atom is 0.322 e. The van der Waals surface area contributed by atoms with Crippen molar-refractivity contribution in [3.63, 3.8) is 0 Å². The van der Waals surface area contributed by atoms with Gasteiger partial charge in [-0.15, -0.1) is 0 Å². The van der Waals surface area contributed by atoms with Gasteiger partial charge in [0.25, 0.3) is 5.91 Å². The Hall–Kier alpha value is -4.03. The first-order valence-electron chi connectivity index (χ1n) is 18.2. The highest BCUT2D eigenvalue weighted by atomic mass is 35.5. The van der Waals surface area contributed by atoms with Crippen molar-refractivity contribution in [3.8, 4) is 17.2 Å². The molecule has 284 valence electrons. The number of carbonyl (C=O) groups excluding carboxylic acids is 2. The molecule has 0 aliphatic carbocycles. The summed E-state index contributed by atoms with van der Waals surface area (Å²) in [5, 5.41) is 12.4. The van der Waals surface area contributed by atoms with Gasteiger partial charge in [-0.2, -0.15) is 0 Å². The van der Waals surface area contributed by atoms with E-state index in [4.69, 9.17) is 37.4 Å². The molecule has 0 radical (unpaired) electrons. The SMILES string of the molecule is COc1cc(C(=O)N2CCC(CCN3CCC(C(=O)NN4CCCCC4C(=O)O)(c4ccccc4)CC3)(c3ccc(Cl)c(Cl)c3)C2)cc(OC)c1OC. The molecule has 2 amide bonds. The number of carboxylic acid groups (broad SMARTS) is 1. The molecule has 53 heavy (non-hydrogen) atoms. The summed E-state index contributed by atoms with van der Waals surface area (Å²) in [5.41, 5.74) is 4.26. The Morgan fingerprint density at radius 3 is 2.15 bits per heavy atom. The van der Waals surface area contributed by atoms with Crippen molar-refractivity contribution in [1.82, 2.24) is 20.2 Å². The maximum atomic E-state index is 14.2. The number of nitrogens with zero attached hydrogens (tertiary/aromatic N) is 3. The van der Waals surface area contributed by atoms with Crippen LogP contribution in [0.15, 0.2) is 60.7 Å². The second-order valence-corrected chi connectivity index (χ2v) is 15.1. The quantitative estimate of drug-likeness (QED) is 0.222. The van der Waals surface area contributed by atoms with Gasteiger partial charge in [-0.25, -0.2) is 5.01 Å². The van der Waals surface area contributed by atoms with Gasteiger partial charge in [-0.1, -0.05) is 59.6 Å². The maximum absolute atomic E-state index is 14.2. The number of nitrogens with one attached hydrogen (secondary N) is 1. The first-order valence-corrected chi connectivity index (χ1v) is 18.9. The average molecular weight is 768 g/mol. The lowest BCUT2D eigenvalue weighted by Gasteiger charge is -2.44. The summed E-state index contributed by atoms with van der Waals surface area (Å²) in [7, 11) is 4.58. The number of likely N-dealkylation sites (tertiary alicyclic amines) is 2. The Balaban J connectivity index is 1.20. The number of hydrogen-bond donors (Lipinski definition) is 2. The van der Waals surface area contributed by atoms with Crippen molar-refractivity contribution in [3.05, 3.63) is 87.4 Å². The molecule has 2 N–H and O–H groups in total. The Morgan fingerprint density at radius 2 is 1.53 bits per heavy atom. The number of piperidine rings is 2. The van der Waals surface area contributed by atoms with Gasteiger partial charge in [-0.05, 0) is 100.0 Å². The normalized spacial score (nSPS) is 21.9. The number of carbonyl (C=O) groups is 3. The lowest BCUT2D eigenvalue weighted by Crippen LogP contribution is -2.60. The van der Waals surface area contributed by atoms with E-state index in [1.54, 1.807) is 17.1 Å². The van der Waals surface area contributed by atoms with Crippen LogP contribution < -0.4 is 19.6 Å². The first kappa shape index (κ1) is 38.7. The zero-order valence-corrected chi connectivity index (χ0v) is 32.0. The third-order valence-electron chi connectivity index (χ3n) is 11.5. The summed E-state index contributed by atoms with van der Waals surface area (Å²) < 4.78 is 16.5. The largest absolute Gasteiger partial charge is 0.493 e.